The number of fused-ring (bicyclic) bond motifs is 1. The molecule has 19 heavy (non-hydrogen) atoms. The number of nitrogens with zero attached hydrogens (tertiary/aromatic N) is 1. The first kappa shape index (κ1) is 16.7. The zero-order chi connectivity index (χ0) is 13.1. The van der Waals surface area contributed by atoms with Crippen molar-refractivity contribution in [3.8, 4) is 5.75 Å². The fraction of sp³-hybridized carbons (Fsp3) is 0.385. The van der Waals surface area contributed by atoms with Gasteiger partial charge in [-0.25, -0.2) is 0 Å². The van der Waals surface area contributed by atoms with E-state index >= 15 is 0 Å². The quantitative estimate of drug-likeness (QED) is 0.218. The number of esters is 1. The molecule has 0 fully saturated rings. The number of methoxy groups -OCH3 is 1. The molecule has 1 aromatic carbocycles. The first-order valence-corrected chi connectivity index (χ1v) is 8.11. The van der Waals surface area contributed by atoms with Gasteiger partial charge in [-0.2, -0.15) is 0 Å². The van der Waals surface area contributed by atoms with Gasteiger partial charge in [0.2, 0.25) is 0 Å². The summed E-state index contributed by atoms with van der Waals surface area (Å²) in [5.41, 5.74) is 1.10. The maximum absolute atomic E-state index is 11.6. The van der Waals surface area contributed by atoms with Crippen LogP contribution in [0.2, 0.25) is 0 Å². The van der Waals surface area contributed by atoms with Gasteiger partial charge in [0.15, 0.2) is 0 Å². The molecule has 1 aromatic heterocycles. The van der Waals surface area contributed by atoms with Gasteiger partial charge in [-0.15, -0.1) is 0 Å². The fourth-order valence-corrected chi connectivity index (χ4v) is 4.69. The average molecular weight is 489 g/mol. The molecule has 0 saturated carbocycles. The number of aryl methyl sites for hydroxylation is 1. The summed E-state index contributed by atoms with van der Waals surface area (Å²) in [4.78, 5) is 11.6. The minimum absolute atomic E-state index is 0. The molecule has 6 heteroatoms. The molecule has 0 saturated heterocycles. The minimum Gasteiger partial charge on any atom is -1.00 e. The van der Waals surface area contributed by atoms with E-state index in [9.17, 15) is 4.79 Å². The van der Waals surface area contributed by atoms with Gasteiger partial charge in [0.1, 0.15) is 0 Å². The van der Waals surface area contributed by atoms with Gasteiger partial charge < -0.3 is 24.0 Å². The second-order valence-corrected chi connectivity index (χ2v) is 7.37. The molecular weight excluding hydrogens is 473 g/mol. The minimum atomic E-state index is -0.349. The van der Waals surface area contributed by atoms with Crippen molar-refractivity contribution >= 4 is 35.3 Å². The Morgan fingerprint density at radius 3 is 2.79 bits per heavy atom. The Morgan fingerprint density at radius 1 is 1.42 bits per heavy atom. The van der Waals surface area contributed by atoms with Gasteiger partial charge in [0.05, 0.1) is 0 Å². The van der Waals surface area contributed by atoms with Crippen molar-refractivity contribution in [3.05, 3.63) is 21.9 Å². The van der Waals surface area contributed by atoms with E-state index in [1.54, 1.807) is 7.11 Å². The largest absolute Gasteiger partial charge is 1.00 e. The molecule has 0 N–H and O–H groups in total. The van der Waals surface area contributed by atoms with Crippen molar-refractivity contribution in [2.75, 3.05) is 13.7 Å². The normalized spacial score (nSPS) is 10.1. The second-order valence-electron chi connectivity index (χ2n) is 3.85. The molecule has 0 bridgehead atoms. The Bertz CT molecular complexity index is 583. The van der Waals surface area contributed by atoms with E-state index in [-0.39, 0.29) is 50.4 Å². The third-order valence-electron chi connectivity index (χ3n) is 2.69. The first-order chi connectivity index (χ1) is 8.65. The maximum atomic E-state index is 11.6. The predicted octanol–water partition coefficient (Wildman–Crippen LogP) is -1.93. The van der Waals surface area contributed by atoms with Crippen LogP contribution in [-0.2, 0) is 16.1 Å². The fourth-order valence-electron chi connectivity index (χ4n) is 1.84. The van der Waals surface area contributed by atoms with Gasteiger partial charge in [0, 0.05) is 0 Å². The standard InChI is InChI=1S/C13H16NO3Te.HI/c1-4-17-13(15)8-14-9(2)18-12-6-5-10(16-3)7-11(12)14;/h5-7H,4,8H2,1-3H3;1H/q+1;/p-1. The van der Waals surface area contributed by atoms with E-state index in [2.05, 4.69) is 17.6 Å². The summed E-state index contributed by atoms with van der Waals surface area (Å²) in [5.74, 6) is 0.643. The van der Waals surface area contributed by atoms with Crippen LogP contribution in [0.4, 0.5) is 0 Å². The molecule has 2 rings (SSSR count). The Balaban J connectivity index is 0.00000180. The Kier molecular flexibility index (Phi) is 6.57. The van der Waals surface area contributed by atoms with Crippen molar-refractivity contribution in [3.63, 3.8) is 0 Å². The Labute approximate surface area is 139 Å². The van der Waals surface area contributed by atoms with Crippen LogP contribution >= 0.6 is 0 Å². The van der Waals surface area contributed by atoms with Crippen molar-refractivity contribution in [1.29, 1.82) is 0 Å². The molecule has 104 valence electrons. The molecular formula is C13H16INO3Te. The number of carbonyl (C=O) groups is 1. The molecule has 0 aliphatic carbocycles. The summed E-state index contributed by atoms with van der Waals surface area (Å²) in [7, 11) is 1.65. The predicted molar refractivity (Wildman–Crippen MR) is 69.0 cm³/mol. The van der Waals surface area contributed by atoms with Crippen LogP contribution in [-0.4, -0.2) is 40.1 Å². The van der Waals surface area contributed by atoms with E-state index in [4.69, 9.17) is 9.47 Å². The van der Waals surface area contributed by atoms with Crippen LogP contribution in [0, 0.1) is 6.92 Å². The number of ether oxygens (including phenoxy) is 2. The number of hydrogen-bond acceptors (Lipinski definition) is 3. The Hall–Kier alpha value is -0.320. The third-order valence-corrected chi connectivity index (χ3v) is 5.77. The van der Waals surface area contributed by atoms with Gasteiger partial charge in [-0.1, -0.05) is 0 Å². The zero-order valence-electron chi connectivity index (χ0n) is 11.1. The number of carbonyl (C=O) groups excluding carboxylic acids is 1. The summed E-state index contributed by atoms with van der Waals surface area (Å²) in [6, 6.07) is 6.08. The number of aromatic nitrogens is 1. The van der Waals surface area contributed by atoms with Crippen LogP contribution in [0.1, 0.15) is 10.6 Å². The summed E-state index contributed by atoms with van der Waals surface area (Å²) < 4.78 is 14.9. The van der Waals surface area contributed by atoms with E-state index in [1.165, 1.54) is 7.11 Å². The SMILES string of the molecule is CCOC(=O)C[n+]1c(C)[te]c2ccc(OC)cc21.[I-]. The second kappa shape index (κ2) is 7.46. The van der Waals surface area contributed by atoms with Crippen molar-refractivity contribution in [2.45, 2.75) is 20.4 Å². The molecule has 0 unspecified atom stereocenters. The summed E-state index contributed by atoms with van der Waals surface area (Å²) in [5, 5.41) is 0. The zero-order valence-corrected chi connectivity index (χ0v) is 15.6. The van der Waals surface area contributed by atoms with Crippen LogP contribution in [0.5, 0.6) is 5.75 Å². The topological polar surface area (TPSA) is 39.4 Å². The van der Waals surface area contributed by atoms with Crippen molar-refractivity contribution in [1.82, 2.24) is 0 Å². The van der Waals surface area contributed by atoms with E-state index < -0.39 is 0 Å². The van der Waals surface area contributed by atoms with E-state index in [0.29, 0.717) is 13.2 Å². The molecule has 0 aliphatic rings. The molecule has 0 atom stereocenters. The molecule has 2 aromatic rings. The smallest absolute Gasteiger partial charge is 1.00 e. The molecule has 0 amide bonds. The number of benzene rings is 1. The van der Waals surface area contributed by atoms with Gasteiger partial charge in [0.25, 0.3) is 0 Å². The van der Waals surface area contributed by atoms with Gasteiger partial charge in [-0.3, -0.25) is 0 Å². The molecule has 1 heterocycles. The number of rotatable bonds is 4. The average Bonchev–Trinajstić information content (AvgIpc) is 2.65. The van der Waals surface area contributed by atoms with Crippen molar-refractivity contribution < 1.29 is 42.8 Å². The molecule has 0 aliphatic heterocycles. The van der Waals surface area contributed by atoms with Crippen LogP contribution < -0.4 is 33.3 Å². The summed E-state index contributed by atoms with van der Waals surface area (Å²) in [6.45, 7) is 4.63. The molecule has 4 nitrogen and oxygen atoms in total. The van der Waals surface area contributed by atoms with Crippen LogP contribution in [0.3, 0.4) is 0 Å². The molecule has 0 radical (unpaired) electrons. The van der Waals surface area contributed by atoms with Crippen LogP contribution in [0.15, 0.2) is 18.2 Å². The number of hydrogen-bond donors (Lipinski definition) is 0. The Morgan fingerprint density at radius 2 is 2.16 bits per heavy atom. The number of halogens is 1. The van der Waals surface area contributed by atoms with Gasteiger partial charge >= 0.3 is 116 Å². The van der Waals surface area contributed by atoms with Gasteiger partial charge in [-0.05, 0) is 0 Å². The monoisotopic (exact) mass is 491 g/mol. The third kappa shape index (κ3) is 3.83. The van der Waals surface area contributed by atoms with Crippen molar-refractivity contribution in [2.24, 2.45) is 0 Å². The van der Waals surface area contributed by atoms with E-state index in [0.717, 1.165) is 11.3 Å². The van der Waals surface area contributed by atoms with Crippen LogP contribution in [0.25, 0.3) is 8.92 Å². The maximum Gasteiger partial charge on any atom is -1.00 e. The van der Waals surface area contributed by atoms with E-state index in [1.807, 2.05) is 19.1 Å². The molecule has 0 spiro atoms. The summed E-state index contributed by atoms with van der Waals surface area (Å²) in [6.07, 6.45) is 0. The first-order valence-electron chi connectivity index (χ1n) is 5.78. The summed E-state index contributed by atoms with van der Waals surface area (Å²) >= 11 is -0.349.